The van der Waals surface area contributed by atoms with Crippen LogP contribution < -0.4 is 4.74 Å². The maximum absolute atomic E-state index is 5.24. The van der Waals surface area contributed by atoms with Gasteiger partial charge in [0, 0.05) is 18.0 Å². The molecule has 2 aromatic heterocycles. The van der Waals surface area contributed by atoms with Crippen molar-refractivity contribution in [3.05, 3.63) is 41.9 Å². The van der Waals surface area contributed by atoms with Crippen LogP contribution in [0, 0.1) is 13.8 Å². The van der Waals surface area contributed by atoms with E-state index in [-0.39, 0.29) is 0 Å². The van der Waals surface area contributed by atoms with Crippen LogP contribution >= 0.6 is 0 Å². The molecule has 0 aliphatic rings. The van der Waals surface area contributed by atoms with Gasteiger partial charge in [-0.25, -0.2) is 4.98 Å². The molecule has 96 valence electrons. The van der Waals surface area contributed by atoms with Crippen molar-refractivity contribution in [2.45, 2.75) is 13.8 Å². The Morgan fingerprint density at radius 2 is 2.00 bits per heavy atom. The van der Waals surface area contributed by atoms with Gasteiger partial charge >= 0.3 is 0 Å². The first-order valence-electron chi connectivity index (χ1n) is 6.02. The normalized spacial score (nSPS) is 10.9. The summed E-state index contributed by atoms with van der Waals surface area (Å²) in [4.78, 5) is 4.17. The number of ether oxygens (including phenoxy) is 1. The van der Waals surface area contributed by atoms with E-state index in [9.17, 15) is 0 Å². The third kappa shape index (κ3) is 1.83. The second-order valence-electron chi connectivity index (χ2n) is 4.41. The molecule has 0 bridgehead atoms. The standard InChI is InChI=1S/C14H14N4O/c1-9-8-11(19-3)4-5-12(9)13-10(2)16-17-14-15-6-7-18(13)14/h4-8H,1-3H3. The molecule has 0 saturated carbocycles. The molecule has 0 aliphatic heterocycles. The lowest BCUT2D eigenvalue weighted by molar-refractivity contribution is 0.414. The third-order valence-corrected chi connectivity index (χ3v) is 3.18. The van der Waals surface area contributed by atoms with Gasteiger partial charge in [0.2, 0.25) is 0 Å². The molecule has 1 aromatic carbocycles. The summed E-state index contributed by atoms with van der Waals surface area (Å²) in [6, 6.07) is 6.00. The van der Waals surface area contributed by atoms with Crippen LogP contribution in [0.25, 0.3) is 17.0 Å². The molecule has 0 spiro atoms. The second kappa shape index (κ2) is 4.35. The van der Waals surface area contributed by atoms with Crippen molar-refractivity contribution in [1.82, 2.24) is 19.6 Å². The molecule has 0 fully saturated rings. The lowest BCUT2D eigenvalue weighted by Gasteiger charge is -2.11. The summed E-state index contributed by atoms with van der Waals surface area (Å²) in [5, 5.41) is 8.24. The molecular formula is C14H14N4O. The number of benzene rings is 1. The molecule has 0 aliphatic carbocycles. The van der Waals surface area contributed by atoms with E-state index in [4.69, 9.17) is 4.74 Å². The molecule has 0 radical (unpaired) electrons. The topological polar surface area (TPSA) is 52.3 Å². The summed E-state index contributed by atoms with van der Waals surface area (Å²) < 4.78 is 7.20. The minimum absolute atomic E-state index is 0.607. The molecule has 5 heteroatoms. The first-order valence-corrected chi connectivity index (χ1v) is 6.02. The van der Waals surface area contributed by atoms with Crippen LogP contribution in [0.2, 0.25) is 0 Å². The van der Waals surface area contributed by atoms with E-state index in [1.807, 2.05) is 35.7 Å². The molecule has 3 aromatic rings. The quantitative estimate of drug-likeness (QED) is 0.704. The number of hydrogen-bond donors (Lipinski definition) is 0. The lowest BCUT2D eigenvalue weighted by atomic mass is 10.0. The number of fused-ring (bicyclic) bond motifs is 1. The van der Waals surface area contributed by atoms with E-state index in [0.29, 0.717) is 5.78 Å². The average Bonchev–Trinajstić information content (AvgIpc) is 2.88. The number of hydrogen-bond acceptors (Lipinski definition) is 4. The second-order valence-corrected chi connectivity index (χ2v) is 4.41. The van der Waals surface area contributed by atoms with Gasteiger partial charge in [0.1, 0.15) is 5.75 Å². The largest absolute Gasteiger partial charge is 0.497 e. The summed E-state index contributed by atoms with van der Waals surface area (Å²) >= 11 is 0. The van der Waals surface area contributed by atoms with E-state index in [2.05, 4.69) is 22.1 Å². The fraction of sp³-hybridized carbons (Fsp3) is 0.214. The van der Waals surface area contributed by atoms with Crippen molar-refractivity contribution in [2.24, 2.45) is 0 Å². The van der Waals surface area contributed by atoms with Gasteiger partial charge in [-0.05, 0) is 37.6 Å². The van der Waals surface area contributed by atoms with Gasteiger partial charge in [0.25, 0.3) is 5.78 Å². The molecule has 2 heterocycles. The van der Waals surface area contributed by atoms with Crippen LogP contribution in [0.4, 0.5) is 0 Å². The van der Waals surface area contributed by atoms with Gasteiger partial charge in [0.05, 0.1) is 18.5 Å². The molecule has 19 heavy (non-hydrogen) atoms. The number of nitrogens with zero attached hydrogens (tertiary/aromatic N) is 4. The monoisotopic (exact) mass is 254 g/mol. The van der Waals surface area contributed by atoms with E-state index < -0.39 is 0 Å². The molecule has 0 N–H and O–H groups in total. The maximum Gasteiger partial charge on any atom is 0.254 e. The van der Waals surface area contributed by atoms with Crippen LogP contribution in [0.15, 0.2) is 30.6 Å². The number of methoxy groups -OCH3 is 1. The van der Waals surface area contributed by atoms with E-state index in [1.165, 1.54) is 0 Å². The molecule has 0 amide bonds. The summed E-state index contributed by atoms with van der Waals surface area (Å²) in [6.07, 6.45) is 3.63. The van der Waals surface area contributed by atoms with E-state index in [0.717, 1.165) is 28.3 Å². The summed E-state index contributed by atoms with van der Waals surface area (Å²) in [5.41, 5.74) is 4.13. The number of aryl methyl sites for hydroxylation is 2. The minimum Gasteiger partial charge on any atom is -0.497 e. The zero-order valence-electron chi connectivity index (χ0n) is 11.1. The highest BCUT2D eigenvalue weighted by Crippen LogP contribution is 2.28. The van der Waals surface area contributed by atoms with Crippen molar-refractivity contribution in [2.75, 3.05) is 7.11 Å². The average molecular weight is 254 g/mol. The van der Waals surface area contributed by atoms with Crippen molar-refractivity contribution >= 4 is 5.78 Å². The predicted octanol–water partition coefficient (Wildman–Crippen LogP) is 2.42. The van der Waals surface area contributed by atoms with Gasteiger partial charge in [-0.1, -0.05) is 0 Å². The maximum atomic E-state index is 5.24. The fourth-order valence-electron chi connectivity index (χ4n) is 2.24. The first kappa shape index (κ1) is 11.6. The molecule has 3 rings (SSSR count). The molecular weight excluding hydrogens is 240 g/mol. The minimum atomic E-state index is 0.607. The third-order valence-electron chi connectivity index (χ3n) is 3.18. The summed E-state index contributed by atoms with van der Waals surface area (Å²) in [5.74, 6) is 1.46. The molecule has 0 unspecified atom stereocenters. The number of imidazole rings is 1. The smallest absolute Gasteiger partial charge is 0.254 e. The number of aromatic nitrogens is 4. The molecule has 5 nitrogen and oxygen atoms in total. The highest BCUT2D eigenvalue weighted by Gasteiger charge is 2.12. The fourth-order valence-corrected chi connectivity index (χ4v) is 2.24. The SMILES string of the molecule is COc1ccc(-c2c(C)nnc3nccn23)c(C)c1. The molecule has 0 saturated heterocycles. The van der Waals surface area contributed by atoms with Crippen LogP contribution in [0.5, 0.6) is 5.75 Å². The summed E-state index contributed by atoms with van der Waals surface area (Å²) in [7, 11) is 1.67. The Balaban J connectivity index is 2.29. The Morgan fingerprint density at radius 1 is 1.16 bits per heavy atom. The van der Waals surface area contributed by atoms with Crippen LogP contribution in [0.3, 0.4) is 0 Å². The Hall–Kier alpha value is -2.43. The number of rotatable bonds is 2. The Morgan fingerprint density at radius 3 is 2.74 bits per heavy atom. The Bertz CT molecular complexity index is 748. The zero-order valence-corrected chi connectivity index (χ0v) is 11.1. The van der Waals surface area contributed by atoms with Gasteiger partial charge in [0.15, 0.2) is 0 Å². The highest BCUT2D eigenvalue weighted by atomic mass is 16.5. The van der Waals surface area contributed by atoms with E-state index >= 15 is 0 Å². The van der Waals surface area contributed by atoms with Crippen LogP contribution in [0.1, 0.15) is 11.3 Å². The van der Waals surface area contributed by atoms with Crippen LogP contribution in [-0.4, -0.2) is 26.7 Å². The Kier molecular flexibility index (Phi) is 2.67. The first-order chi connectivity index (χ1) is 9.20. The molecule has 0 atom stereocenters. The van der Waals surface area contributed by atoms with Crippen molar-refractivity contribution < 1.29 is 4.74 Å². The Labute approximate surface area is 110 Å². The van der Waals surface area contributed by atoms with Gasteiger partial charge in [-0.15, -0.1) is 10.2 Å². The van der Waals surface area contributed by atoms with Gasteiger partial charge in [-0.2, -0.15) is 0 Å². The van der Waals surface area contributed by atoms with E-state index in [1.54, 1.807) is 13.3 Å². The highest BCUT2D eigenvalue weighted by molar-refractivity contribution is 5.68. The van der Waals surface area contributed by atoms with Crippen molar-refractivity contribution in [1.29, 1.82) is 0 Å². The summed E-state index contributed by atoms with van der Waals surface area (Å²) in [6.45, 7) is 4.01. The van der Waals surface area contributed by atoms with Crippen molar-refractivity contribution in [3.63, 3.8) is 0 Å². The van der Waals surface area contributed by atoms with Gasteiger partial charge in [-0.3, -0.25) is 4.40 Å². The van der Waals surface area contributed by atoms with Gasteiger partial charge < -0.3 is 4.74 Å². The zero-order chi connectivity index (χ0) is 13.4. The predicted molar refractivity (Wildman–Crippen MR) is 72.2 cm³/mol. The van der Waals surface area contributed by atoms with Crippen LogP contribution in [-0.2, 0) is 0 Å². The van der Waals surface area contributed by atoms with Crippen molar-refractivity contribution in [3.8, 4) is 17.0 Å². The lowest BCUT2D eigenvalue weighted by Crippen LogP contribution is -2.02.